The van der Waals surface area contributed by atoms with Crippen molar-refractivity contribution in [2.75, 3.05) is 114 Å². The lowest BCUT2D eigenvalue weighted by atomic mass is 10.1. The summed E-state index contributed by atoms with van der Waals surface area (Å²) in [5, 5.41) is 92.7. The summed E-state index contributed by atoms with van der Waals surface area (Å²) in [4.78, 5) is 42.2. The first kappa shape index (κ1) is 92.8. The molecule has 0 heterocycles. The number of methoxy groups -OCH3 is 16. The monoisotopic (exact) mass is 1520 g/mol. The van der Waals surface area contributed by atoms with Crippen LogP contribution in [0.2, 0.25) is 0 Å². The van der Waals surface area contributed by atoms with E-state index in [-0.39, 0.29) is 111 Å². The van der Waals surface area contributed by atoms with Gasteiger partial charge in [-0.3, -0.25) is 14.4 Å². The van der Waals surface area contributed by atoms with E-state index in [1.54, 1.807) is 75.9 Å². The molecule has 0 amide bonds. The zero-order chi connectivity index (χ0) is 82.1. The van der Waals surface area contributed by atoms with Gasteiger partial charge in [0.15, 0.2) is 92.0 Å². The number of aldehydes is 1. The normalized spacial score (nSPS) is 9.59. The second-order valence-electron chi connectivity index (χ2n) is 21.4. The van der Waals surface area contributed by atoms with Crippen molar-refractivity contribution in [1.29, 1.82) is 0 Å². The number of benzene rings is 8. The molecule has 0 aliphatic carbocycles. The van der Waals surface area contributed by atoms with Crippen LogP contribution in [0.4, 0.5) is 0 Å². The lowest BCUT2D eigenvalue weighted by Crippen LogP contribution is -2.00. The van der Waals surface area contributed by atoms with Crippen LogP contribution in [0, 0.1) is 20.8 Å². The van der Waals surface area contributed by atoms with Gasteiger partial charge in [-0.2, -0.15) is 0 Å². The van der Waals surface area contributed by atoms with Crippen LogP contribution in [0.15, 0.2) is 110 Å². The molecule has 0 aliphatic heterocycles. The number of aryl methyl sites for hydroxylation is 3. The minimum Gasteiger partial charge on any atom is -0.504 e. The number of phenols is 8. The maximum absolute atomic E-state index is 10.7. The van der Waals surface area contributed by atoms with Crippen LogP contribution in [0.25, 0.3) is 0 Å². The van der Waals surface area contributed by atoms with Crippen molar-refractivity contribution in [3.8, 4) is 138 Å². The molecule has 0 bridgehead atoms. The summed E-state index contributed by atoms with van der Waals surface area (Å²) in [5.41, 5.74) is 5.48. The molecule has 8 aromatic carbocycles. The summed E-state index contributed by atoms with van der Waals surface area (Å²) >= 11 is 0. The van der Waals surface area contributed by atoms with E-state index in [0.29, 0.717) is 81.1 Å². The number of carbonyl (C=O) groups excluding carboxylic acids is 2. The lowest BCUT2D eigenvalue weighted by molar-refractivity contribution is -0.142. The Morgan fingerprint density at radius 1 is 0.343 bits per heavy atom. The number of carboxylic acid groups (broad SMARTS) is 2. The maximum atomic E-state index is 10.7. The molecule has 8 rings (SSSR count). The van der Waals surface area contributed by atoms with Crippen LogP contribution in [0.5, 0.6) is 138 Å². The van der Waals surface area contributed by atoms with Crippen molar-refractivity contribution in [1.82, 2.24) is 0 Å². The van der Waals surface area contributed by atoms with E-state index in [1.807, 2.05) is 32.9 Å². The zero-order valence-corrected chi connectivity index (χ0v) is 63.8. The standard InChI is InChI=1S/C11H14O5.C11H14O3.C10H14O3.2C9H10O5.C9H10O4.2C9H12O3/c1-7(12)16-6-8-4-9(14-2)11(13)10(5-8)15-3;1-4-5-8-6-9(13-2)11(12)10(7-8)14-3;1-7-5-8(11-2)10(13-4)9(6-7)12-3;1-13-6-3-5(9(11)12)4-7(14-2)8(6)10;1-14-7-3-5(4-8(11)12)2-6(10)9(7)13;1-12-7-3-6(5-10)4-8(13-2)9(7)11;2*1-6-4-7(11-2)9(10)8(5-6)12-3/h4-5,13H,6H2,1-3H3;4,6-7,12H,1,5H2,2-3H3;5-6H,1-4H3;3-4,10H,1-2H3,(H,11,12);2-3,10,13H,4H2,1H3,(H,11,12);3-5,11H,1-2H3;2*4-5,10H,1-3H3. The first-order chi connectivity index (χ1) is 51.3. The molecule has 0 aliphatic rings. The lowest BCUT2D eigenvalue weighted by Gasteiger charge is -2.12. The summed E-state index contributed by atoms with van der Waals surface area (Å²) in [7, 11) is 23.5. The number of carbonyl (C=O) groups is 4. The molecule has 0 radical (unpaired) electrons. The highest BCUT2D eigenvalue weighted by molar-refractivity contribution is 5.89. The van der Waals surface area contributed by atoms with Crippen molar-refractivity contribution in [3.05, 3.63) is 154 Å². The SMILES string of the molecule is C=CCc1cc(OC)c(O)c(OC)c1.COc1cc(C(=O)O)cc(OC)c1O.COc1cc(C)cc(OC)c1O.COc1cc(C)cc(OC)c1O.COc1cc(C)cc(OC)c1OC.COc1cc(C=O)cc(OC)c1O.COc1cc(CC(=O)O)cc(O)c1O.COc1cc(COC(C)=O)cc(OC)c1O. The molecule has 0 fully saturated rings. The molecule has 0 saturated carbocycles. The third kappa shape index (κ3) is 28.8. The highest BCUT2D eigenvalue weighted by atomic mass is 16.6. The molecule has 10 N–H and O–H groups in total. The van der Waals surface area contributed by atoms with Gasteiger partial charge in [-0.25, -0.2) is 4.79 Å². The third-order valence-corrected chi connectivity index (χ3v) is 14.0. The van der Waals surface area contributed by atoms with Crippen LogP contribution in [-0.2, 0) is 33.8 Å². The Kier molecular flexibility index (Phi) is 41.2. The minimum atomic E-state index is -1.11. The average Bonchev–Trinajstić information content (AvgIpc) is 0.857. The van der Waals surface area contributed by atoms with Gasteiger partial charge in [-0.1, -0.05) is 6.08 Å². The van der Waals surface area contributed by atoms with Gasteiger partial charge < -0.3 is 132 Å². The number of allylic oxidation sites excluding steroid dienone is 1. The van der Waals surface area contributed by atoms with Gasteiger partial charge in [-0.15, -0.1) is 6.58 Å². The van der Waals surface area contributed by atoms with Crippen LogP contribution >= 0.6 is 0 Å². The van der Waals surface area contributed by atoms with E-state index < -0.39 is 11.9 Å². The summed E-state index contributed by atoms with van der Waals surface area (Å²) in [6.45, 7) is 10.9. The van der Waals surface area contributed by atoms with Crippen molar-refractivity contribution < 1.29 is 151 Å². The van der Waals surface area contributed by atoms with Crippen LogP contribution in [0.3, 0.4) is 0 Å². The highest BCUT2D eigenvalue weighted by Crippen LogP contribution is 2.43. The molecular weight excluding hydrogens is 1420 g/mol. The number of carboxylic acids is 2. The van der Waals surface area contributed by atoms with Gasteiger partial charge in [-0.05, 0) is 158 Å². The van der Waals surface area contributed by atoms with Gasteiger partial charge in [0.05, 0.1) is 126 Å². The number of esters is 1. The van der Waals surface area contributed by atoms with Gasteiger partial charge >= 0.3 is 17.9 Å². The van der Waals surface area contributed by atoms with E-state index in [4.69, 9.17) is 90.7 Å². The second-order valence-corrected chi connectivity index (χ2v) is 21.4. The molecule has 0 atom stereocenters. The number of aromatic carboxylic acids is 1. The summed E-state index contributed by atoms with van der Waals surface area (Å²) in [6.07, 6.45) is 2.92. The molecule has 31 heteroatoms. The highest BCUT2D eigenvalue weighted by Gasteiger charge is 2.18. The number of hydrogen-bond acceptors (Lipinski definition) is 29. The minimum absolute atomic E-state index is 0.00324. The maximum Gasteiger partial charge on any atom is 0.335 e. The molecule has 0 spiro atoms. The topological polar surface area (TPSA) is 427 Å². The molecule has 8 aromatic rings. The fourth-order valence-corrected chi connectivity index (χ4v) is 8.79. The molecular formula is C77H96O31. The van der Waals surface area contributed by atoms with Gasteiger partial charge in [0.1, 0.15) is 12.9 Å². The van der Waals surface area contributed by atoms with E-state index in [1.165, 1.54) is 136 Å². The average molecular weight is 1520 g/mol. The predicted molar refractivity (Wildman–Crippen MR) is 397 cm³/mol. The van der Waals surface area contributed by atoms with Gasteiger partial charge in [0.25, 0.3) is 0 Å². The van der Waals surface area contributed by atoms with E-state index in [0.717, 1.165) is 22.3 Å². The molecule has 108 heavy (non-hydrogen) atoms. The number of rotatable bonds is 24. The molecule has 0 aromatic heterocycles. The van der Waals surface area contributed by atoms with Crippen LogP contribution < -0.4 is 75.8 Å². The van der Waals surface area contributed by atoms with Crippen molar-refractivity contribution in [2.45, 2.75) is 47.1 Å². The summed E-state index contributed by atoms with van der Waals surface area (Å²) < 4.78 is 84.0. The predicted octanol–water partition coefficient (Wildman–Crippen LogP) is 12.1. The number of aromatic hydroxyl groups is 8. The largest absolute Gasteiger partial charge is 0.504 e. The second kappa shape index (κ2) is 47.9. The Morgan fingerprint density at radius 3 is 0.861 bits per heavy atom. The molecule has 0 saturated heterocycles. The Bertz CT molecular complexity index is 3970. The van der Waals surface area contributed by atoms with Crippen molar-refractivity contribution in [2.24, 2.45) is 0 Å². The first-order valence-electron chi connectivity index (χ1n) is 31.4. The van der Waals surface area contributed by atoms with Gasteiger partial charge in [0, 0.05) is 12.5 Å². The summed E-state index contributed by atoms with van der Waals surface area (Å²) in [6, 6.07) is 25.4. The molecule has 0 unspecified atom stereocenters. The van der Waals surface area contributed by atoms with Crippen molar-refractivity contribution >= 4 is 24.2 Å². The number of hydrogen-bond donors (Lipinski definition) is 10. The Balaban J connectivity index is 0.000000618. The van der Waals surface area contributed by atoms with E-state index in [9.17, 15) is 60.0 Å². The van der Waals surface area contributed by atoms with E-state index in [2.05, 4.69) is 6.58 Å². The Labute approximate surface area is 625 Å². The van der Waals surface area contributed by atoms with Crippen LogP contribution in [-0.4, -0.2) is 189 Å². The molecule has 31 nitrogen and oxygen atoms in total. The molecule has 590 valence electrons. The Morgan fingerprint density at radius 2 is 0.602 bits per heavy atom. The smallest absolute Gasteiger partial charge is 0.335 e. The fourth-order valence-electron chi connectivity index (χ4n) is 8.79. The number of phenolic OH excluding ortho intramolecular Hbond substituents is 8. The fraction of sp³-hybridized carbons (Fsp3) is 0.299. The zero-order valence-electron chi connectivity index (χ0n) is 63.8. The van der Waals surface area contributed by atoms with Gasteiger partial charge in [0.2, 0.25) is 46.0 Å². The number of ether oxygens (including phenoxy) is 17. The van der Waals surface area contributed by atoms with Crippen LogP contribution in [0.1, 0.15) is 61.0 Å². The van der Waals surface area contributed by atoms with E-state index >= 15 is 0 Å². The summed E-state index contributed by atoms with van der Waals surface area (Å²) in [5.74, 6) is 2.28. The third-order valence-electron chi connectivity index (χ3n) is 14.0. The first-order valence-corrected chi connectivity index (χ1v) is 31.4. The number of aliphatic carboxylic acids is 1. The Hall–Kier alpha value is -13.2. The van der Waals surface area contributed by atoms with Crippen molar-refractivity contribution in [3.63, 3.8) is 0 Å². The quantitative estimate of drug-likeness (QED) is 0.0116.